The molecule has 1 saturated heterocycles. The number of hydrogen-bond acceptors (Lipinski definition) is 1. The van der Waals surface area contributed by atoms with Gasteiger partial charge in [-0.1, -0.05) is 25.2 Å². The summed E-state index contributed by atoms with van der Waals surface area (Å²) < 4.78 is 4.98. The maximum absolute atomic E-state index is 4.98. The van der Waals surface area contributed by atoms with Gasteiger partial charge in [0, 0.05) is 6.42 Å². The molecule has 0 aromatic heterocycles. The molecule has 1 fully saturated rings. The Morgan fingerprint density at radius 3 is 3.09 bits per heavy atom. The van der Waals surface area contributed by atoms with Crippen LogP contribution in [0, 0.1) is 11.8 Å². The minimum Gasteiger partial charge on any atom is -0.369 e. The average molecular weight is 150 g/mol. The van der Waals surface area contributed by atoms with Crippen molar-refractivity contribution in [3.8, 4) is 11.8 Å². The maximum Gasteiger partial charge on any atom is 0.1000 e. The quantitative estimate of drug-likeness (QED) is 0.341. The predicted molar refractivity (Wildman–Crippen MR) is 46.2 cm³/mol. The van der Waals surface area contributed by atoms with Gasteiger partial charge in [0.1, 0.15) is 0 Å². The first-order valence-electron chi connectivity index (χ1n) is 4.20. The molecule has 11 heavy (non-hydrogen) atoms. The predicted octanol–water partition coefficient (Wildman–Crippen LogP) is 2.13. The lowest BCUT2D eigenvalue weighted by molar-refractivity contribution is 0.440. The lowest BCUT2D eigenvalue weighted by Gasteiger charge is -1.81. The molecule has 0 aromatic carbocycles. The van der Waals surface area contributed by atoms with Crippen LogP contribution < -0.4 is 0 Å². The molecule has 60 valence electrons. The van der Waals surface area contributed by atoms with Crippen molar-refractivity contribution in [2.45, 2.75) is 32.3 Å². The van der Waals surface area contributed by atoms with Crippen molar-refractivity contribution < 1.29 is 4.74 Å². The van der Waals surface area contributed by atoms with Crippen LogP contribution in [0.2, 0.25) is 0 Å². The Balaban J connectivity index is 2.01. The standard InChI is InChI=1S/C10H14O/c1-2-3-4-5-6-7-8-10-9-11-10/h7-8,10H,2-4,9H2,1H3/b8-7+/t10-/m0/s1. The third kappa shape index (κ3) is 4.64. The second-order valence-corrected chi connectivity index (χ2v) is 2.66. The van der Waals surface area contributed by atoms with Crippen LogP contribution in [0.25, 0.3) is 0 Å². The third-order valence-corrected chi connectivity index (χ3v) is 1.51. The van der Waals surface area contributed by atoms with E-state index >= 15 is 0 Å². The molecule has 0 N–H and O–H groups in total. The maximum atomic E-state index is 4.98. The molecule has 0 aromatic rings. The average Bonchev–Trinajstić information content (AvgIpc) is 2.80. The second-order valence-electron chi connectivity index (χ2n) is 2.66. The molecule has 1 atom stereocenters. The molecule has 0 amide bonds. The van der Waals surface area contributed by atoms with Crippen LogP contribution in [-0.2, 0) is 4.74 Å². The minimum absolute atomic E-state index is 0.371. The van der Waals surface area contributed by atoms with E-state index in [1.807, 2.05) is 12.2 Å². The van der Waals surface area contributed by atoms with Crippen molar-refractivity contribution in [3.63, 3.8) is 0 Å². The number of allylic oxidation sites excluding steroid dienone is 1. The Bertz CT molecular complexity index is 179. The largest absolute Gasteiger partial charge is 0.369 e. The Morgan fingerprint density at radius 1 is 1.64 bits per heavy atom. The normalized spacial score (nSPS) is 21.4. The molecule has 0 unspecified atom stereocenters. The highest BCUT2D eigenvalue weighted by atomic mass is 16.6. The number of epoxide rings is 1. The fourth-order valence-electron chi connectivity index (χ4n) is 0.718. The van der Waals surface area contributed by atoms with E-state index in [0.717, 1.165) is 13.0 Å². The van der Waals surface area contributed by atoms with Gasteiger partial charge in [0.15, 0.2) is 0 Å². The summed E-state index contributed by atoms with van der Waals surface area (Å²) >= 11 is 0. The molecule has 0 spiro atoms. The SMILES string of the molecule is CCCCC#C/C=C/[C@H]1CO1. The minimum atomic E-state index is 0.371. The highest BCUT2D eigenvalue weighted by Crippen LogP contribution is 2.08. The number of hydrogen-bond donors (Lipinski definition) is 0. The molecule has 1 heteroatoms. The Morgan fingerprint density at radius 2 is 2.45 bits per heavy atom. The van der Waals surface area contributed by atoms with Gasteiger partial charge in [-0.15, -0.1) is 0 Å². The summed E-state index contributed by atoms with van der Waals surface area (Å²) in [6, 6.07) is 0. The van der Waals surface area contributed by atoms with Crippen molar-refractivity contribution in [2.75, 3.05) is 6.61 Å². The van der Waals surface area contributed by atoms with Crippen molar-refractivity contribution in [3.05, 3.63) is 12.2 Å². The van der Waals surface area contributed by atoms with Crippen LogP contribution in [0.1, 0.15) is 26.2 Å². The van der Waals surface area contributed by atoms with E-state index in [2.05, 4.69) is 18.8 Å². The molecular weight excluding hydrogens is 136 g/mol. The molecule has 1 nitrogen and oxygen atoms in total. The van der Waals surface area contributed by atoms with Crippen LogP contribution in [0.5, 0.6) is 0 Å². The van der Waals surface area contributed by atoms with E-state index in [4.69, 9.17) is 4.74 Å². The topological polar surface area (TPSA) is 12.5 Å². The first kappa shape index (κ1) is 8.36. The molecule has 1 heterocycles. The van der Waals surface area contributed by atoms with Gasteiger partial charge in [0.2, 0.25) is 0 Å². The summed E-state index contributed by atoms with van der Waals surface area (Å²) in [4.78, 5) is 0. The summed E-state index contributed by atoms with van der Waals surface area (Å²) in [6.07, 6.45) is 7.74. The monoisotopic (exact) mass is 150 g/mol. The zero-order chi connectivity index (χ0) is 7.94. The molecule has 0 aliphatic carbocycles. The molecule has 0 radical (unpaired) electrons. The van der Waals surface area contributed by atoms with Gasteiger partial charge in [0.25, 0.3) is 0 Å². The van der Waals surface area contributed by atoms with Gasteiger partial charge in [-0.25, -0.2) is 0 Å². The van der Waals surface area contributed by atoms with E-state index in [0.29, 0.717) is 6.10 Å². The fraction of sp³-hybridized carbons (Fsp3) is 0.600. The van der Waals surface area contributed by atoms with Crippen molar-refractivity contribution in [2.24, 2.45) is 0 Å². The summed E-state index contributed by atoms with van der Waals surface area (Å²) in [5.74, 6) is 6.06. The summed E-state index contributed by atoms with van der Waals surface area (Å²) in [5, 5.41) is 0. The van der Waals surface area contributed by atoms with Gasteiger partial charge in [-0.2, -0.15) is 0 Å². The zero-order valence-corrected chi connectivity index (χ0v) is 6.97. The Hall–Kier alpha value is -0.740. The summed E-state index contributed by atoms with van der Waals surface area (Å²) in [5.41, 5.74) is 0. The highest BCUT2D eigenvalue weighted by Gasteiger charge is 2.17. The lowest BCUT2D eigenvalue weighted by Crippen LogP contribution is -1.71. The van der Waals surface area contributed by atoms with Gasteiger partial charge >= 0.3 is 0 Å². The van der Waals surface area contributed by atoms with E-state index in [9.17, 15) is 0 Å². The van der Waals surface area contributed by atoms with Gasteiger partial charge in [0.05, 0.1) is 12.7 Å². The molecule has 1 aliphatic heterocycles. The Kier molecular flexibility index (Phi) is 3.79. The molecular formula is C10H14O. The van der Waals surface area contributed by atoms with Crippen LogP contribution in [0.3, 0.4) is 0 Å². The van der Waals surface area contributed by atoms with Crippen molar-refractivity contribution in [1.82, 2.24) is 0 Å². The van der Waals surface area contributed by atoms with E-state index < -0.39 is 0 Å². The molecule has 1 rings (SSSR count). The van der Waals surface area contributed by atoms with Gasteiger partial charge in [-0.05, 0) is 18.6 Å². The third-order valence-electron chi connectivity index (χ3n) is 1.51. The van der Waals surface area contributed by atoms with Crippen LogP contribution >= 0.6 is 0 Å². The van der Waals surface area contributed by atoms with Crippen molar-refractivity contribution in [1.29, 1.82) is 0 Å². The summed E-state index contributed by atoms with van der Waals surface area (Å²) in [7, 11) is 0. The molecule has 1 aliphatic rings. The second kappa shape index (κ2) is 4.98. The van der Waals surface area contributed by atoms with Gasteiger partial charge in [-0.3, -0.25) is 0 Å². The van der Waals surface area contributed by atoms with Crippen LogP contribution in [0.4, 0.5) is 0 Å². The number of unbranched alkanes of at least 4 members (excludes halogenated alkanes) is 2. The van der Waals surface area contributed by atoms with E-state index in [1.165, 1.54) is 12.8 Å². The number of ether oxygens (including phenoxy) is 1. The fourth-order valence-corrected chi connectivity index (χ4v) is 0.718. The Labute approximate surface area is 68.4 Å². The first-order chi connectivity index (χ1) is 5.43. The molecule has 0 bridgehead atoms. The van der Waals surface area contributed by atoms with Crippen LogP contribution in [0.15, 0.2) is 12.2 Å². The van der Waals surface area contributed by atoms with E-state index in [1.54, 1.807) is 0 Å². The molecule has 0 saturated carbocycles. The number of rotatable bonds is 3. The highest BCUT2D eigenvalue weighted by molar-refractivity contribution is 5.17. The smallest absolute Gasteiger partial charge is 0.1000 e. The van der Waals surface area contributed by atoms with Crippen LogP contribution in [-0.4, -0.2) is 12.7 Å². The lowest BCUT2D eigenvalue weighted by atomic mass is 10.2. The van der Waals surface area contributed by atoms with Gasteiger partial charge < -0.3 is 4.74 Å². The van der Waals surface area contributed by atoms with Crippen molar-refractivity contribution >= 4 is 0 Å². The first-order valence-corrected chi connectivity index (χ1v) is 4.20. The van der Waals surface area contributed by atoms with E-state index in [-0.39, 0.29) is 0 Å². The summed E-state index contributed by atoms with van der Waals surface area (Å²) in [6.45, 7) is 3.06. The zero-order valence-electron chi connectivity index (χ0n) is 6.97.